The van der Waals surface area contributed by atoms with Gasteiger partial charge in [0.25, 0.3) is 0 Å². The Morgan fingerprint density at radius 3 is 2.29 bits per heavy atom. The van der Waals surface area contributed by atoms with Crippen molar-refractivity contribution in [2.45, 2.75) is 80.2 Å². The lowest BCUT2D eigenvalue weighted by Gasteiger charge is -2.34. The molecule has 1 N–H and O–H groups in total. The number of sulfonamides is 2. The molecule has 1 heterocycles. The van der Waals surface area contributed by atoms with Crippen LogP contribution in [0, 0.1) is 11.8 Å². The first-order valence-electron chi connectivity index (χ1n) is 10.5. The topological polar surface area (TPSA) is 83.6 Å². The van der Waals surface area contributed by atoms with E-state index in [0.29, 0.717) is 18.4 Å². The lowest BCUT2D eigenvalue weighted by atomic mass is 9.96. The molecule has 2 saturated carbocycles. The highest BCUT2D eigenvalue weighted by atomic mass is 32.2. The molecular weight excluding hydrogens is 396 g/mol. The molecule has 1 saturated heterocycles. The number of fused-ring (bicyclic) bond motifs is 2. The maximum Gasteiger partial charge on any atom is 0.243 e. The van der Waals surface area contributed by atoms with Crippen molar-refractivity contribution in [1.82, 2.24) is 9.03 Å². The normalized spacial score (nSPS) is 31.3. The second-order valence-corrected chi connectivity index (χ2v) is 12.2. The average Bonchev–Trinajstić information content (AvgIpc) is 3.30. The molecule has 8 heteroatoms. The molecule has 0 radical (unpaired) electrons. The SMILES string of the molecule is CC[C@H]1CCCCN1S(=O)(=O)c1ccc(S(=O)(=O)N[C@@H]2C[C@@H]3CC[C@@H]2C3)cc1. The van der Waals surface area contributed by atoms with Gasteiger partial charge in [-0.2, -0.15) is 4.31 Å². The third-order valence-electron chi connectivity index (χ3n) is 6.83. The third kappa shape index (κ3) is 3.76. The Hall–Kier alpha value is -0.960. The second kappa shape index (κ2) is 7.70. The van der Waals surface area contributed by atoms with Crippen LogP contribution in [0.25, 0.3) is 0 Å². The summed E-state index contributed by atoms with van der Waals surface area (Å²) >= 11 is 0. The van der Waals surface area contributed by atoms with Crippen LogP contribution in [0.2, 0.25) is 0 Å². The number of benzene rings is 1. The van der Waals surface area contributed by atoms with Crippen molar-refractivity contribution in [3.05, 3.63) is 24.3 Å². The Morgan fingerprint density at radius 1 is 0.964 bits per heavy atom. The Labute approximate surface area is 168 Å². The van der Waals surface area contributed by atoms with Crippen LogP contribution in [0.1, 0.15) is 58.3 Å². The minimum Gasteiger partial charge on any atom is -0.208 e. The van der Waals surface area contributed by atoms with Gasteiger partial charge in [0.15, 0.2) is 0 Å². The van der Waals surface area contributed by atoms with Crippen molar-refractivity contribution in [1.29, 1.82) is 0 Å². The van der Waals surface area contributed by atoms with Crippen molar-refractivity contribution in [3.8, 4) is 0 Å². The van der Waals surface area contributed by atoms with E-state index in [1.807, 2.05) is 6.92 Å². The lowest BCUT2D eigenvalue weighted by Crippen LogP contribution is -2.43. The van der Waals surface area contributed by atoms with E-state index in [-0.39, 0.29) is 21.9 Å². The number of nitrogens with zero attached hydrogens (tertiary/aromatic N) is 1. The summed E-state index contributed by atoms with van der Waals surface area (Å²) in [5.74, 6) is 1.10. The predicted octanol–water partition coefficient (Wildman–Crippen LogP) is 3.11. The van der Waals surface area contributed by atoms with Crippen LogP contribution in [0.3, 0.4) is 0 Å². The molecule has 1 aromatic rings. The van der Waals surface area contributed by atoms with Gasteiger partial charge in [0.05, 0.1) is 9.79 Å². The van der Waals surface area contributed by atoms with Gasteiger partial charge in [-0.05, 0) is 74.6 Å². The van der Waals surface area contributed by atoms with Crippen molar-refractivity contribution < 1.29 is 16.8 Å². The molecule has 0 amide bonds. The fourth-order valence-electron chi connectivity index (χ4n) is 5.28. The van der Waals surface area contributed by atoms with Crippen molar-refractivity contribution >= 4 is 20.0 Å². The molecule has 3 aliphatic rings. The Morgan fingerprint density at radius 2 is 1.68 bits per heavy atom. The van der Waals surface area contributed by atoms with Crippen LogP contribution in [-0.2, 0) is 20.0 Å². The van der Waals surface area contributed by atoms with Crippen molar-refractivity contribution in [3.63, 3.8) is 0 Å². The fraction of sp³-hybridized carbons (Fsp3) is 0.700. The molecule has 6 nitrogen and oxygen atoms in total. The van der Waals surface area contributed by atoms with Crippen LogP contribution in [0.5, 0.6) is 0 Å². The molecule has 156 valence electrons. The molecule has 0 unspecified atom stereocenters. The molecule has 1 aromatic carbocycles. The first-order valence-corrected chi connectivity index (χ1v) is 13.4. The summed E-state index contributed by atoms with van der Waals surface area (Å²) in [6.45, 7) is 2.54. The highest BCUT2D eigenvalue weighted by Gasteiger charge is 2.41. The summed E-state index contributed by atoms with van der Waals surface area (Å²) < 4.78 is 56.0. The lowest BCUT2D eigenvalue weighted by molar-refractivity contribution is 0.246. The Balaban J connectivity index is 1.51. The van der Waals surface area contributed by atoms with Gasteiger partial charge < -0.3 is 0 Å². The van der Waals surface area contributed by atoms with E-state index in [9.17, 15) is 16.8 Å². The Bertz CT molecular complexity index is 912. The minimum absolute atomic E-state index is 0.0193. The summed E-state index contributed by atoms with van der Waals surface area (Å²) in [4.78, 5) is 0.312. The van der Waals surface area contributed by atoms with Crippen LogP contribution >= 0.6 is 0 Å². The predicted molar refractivity (Wildman–Crippen MR) is 108 cm³/mol. The first kappa shape index (κ1) is 20.3. The fourth-order valence-corrected chi connectivity index (χ4v) is 8.37. The van der Waals surface area contributed by atoms with E-state index < -0.39 is 20.0 Å². The molecule has 1 aliphatic heterocycles. The number of nitrogens with one attached hydrogen (secondary N) is 1. The molecule has 2 aliphatic carbocycles. The Kier molecular flexibility index (Phi) is 5.59. The molecule has 2 bridgehead atoms. The summed E-state index contributed by atoms with van der Waals surface area (Å²) in [6, 6.07) is 5.77. The van der Waals surface area contributed by atoms with Crippen LogP contribution < -0.4 is 4.72 Å². The van der Waals surface area contributed by atoms with E-state index in [4.69, 9.17) is 0 Å². The first-order chi connectivity index (χ1) is 13.3. The van der Waals surface area contributed by atoms with Crippen LogP contribution in [-0.4, -0.2) is 39.8 Å². The van der Waals surface area contributed by atoms with Gasteiger partial charge >= 0.3 is 0 Å². The van der Waals surface area contributed by atoms with Gasteiger partial charge in [-0.3, -0.25) is 0 Å². The van der Waals surface area contributed by atoms with Crippen molar-refractivity contribution in [2.75, 3.05) is 6.54 Å². The van der Waals surface area contributed by atoms with Crippen LogP contribution in [0.15, 0.2) is 34.1 Å². The molecule has 0 spiro atoms. The maximum absolute atomic E-state index is 13.0. The van der Waals surface area contributed by atoms with Gasteiger partial charge in [-0.15, -0.1) is 0 Å². The van der Waals surface area contributed by atoms with E-state index in [2.05, 4.69) is 4.72 Å². The molecule has 28 heavy (non-hydrogen) atoms. The number of rotatable bonds is 6. The van der Waals surface area contributed by atoms with Gasteiger partial charge in [0.1, 0.15) is 0 Å². The van der Waals surface area contributed by atoms with Crippen LogP contribution in [0.4, 0.5) is 0 Å². The molecule has 0 aromatic heterocycles. The zero-order valence-corrected chi connectivity index (χ0v) is 18.0. The van der Waals surface area contributed by atoms with Gasteiger partial charge in [-0.1, -0.05) is 19.8 Å². The maximum atomic E-state index is 13.0. The van der Waals surface area contributed by atoms with E-state index in [1.54, 1.807) is 4.31 Å². The molecule has 3 fully saturated rings. The third-order valence-corrected chi connectivity index (χ3v) is 10.3. The molecule has 4 rings (SSSR count). The second-order valence-electron chi connectivity index (χ2n) is 8.55. The van der Waals surface area contributed by atoms with Gasteiger partial charge in [0.2, 0.25) is 20.0 Å². The highest BCUT2D eigenvalue weighted by molar-refractivity contribution is 7.89. The van der Waals surface area contributed by atoms with Gasteiger partial charge in [0, 0.05) is 18.6 Å². The number of hydrogen-bond acceptors (Lipinski definition) is 4. The minimum atomic E-state index is -3.63. The quantitative estimate of drug-likeness (QED) is 0.758. The van der Waals surface area contributed by atoms with E-state index in [0.717, 1.165) is 44.9 Å². The monoisotopic (exact) mass is 426 g/mol. The van der Waals surface area contributed by atoms with E-state index in [1.165, 1.54) is 30.7 Å². The number of hydrogen-bond donors (Lipinski definition) is 1. The summed E-state index contributed by atoms with van der Waals surface area (Å²) in [5.41, 5.74) is 0. The number of piperidine rings is 1. The zero-order chi connectivity index (χ0) is 19.9. The zero-order valence-electron chi connectivity index (χ0n) is 16.4. The molecular formula is C20H30N2O4S2. The van der Waals surface area contributed by atoms with Gasteiger partial charge in [-0.25, -0.2) is 21.6 Å². The smallest absolute Gasteiger partial charge is 0.208 e. The standard InChI is InChI=1S/C20H30N2O4S2/c1-2-17-5-3-4-12-22(17)28(25,26)19-10-8-18(9-11-19)27(23,24)21-20-14-15-6-7-16(20)13-15/h8-11,15-17,20-21H,2-7,12-14H2,1H3/t15-,16-,17+,20-/m1/s1. The summed E-state index contributed by atoms with van der Waals surface area (Å²) in [5, 5.41) is 0. The molecule has 4 atom stereocenters. The highest BCUT2D eigenvalue weighted by Crippen LogP contribution is 2.44. The average molecular weight is 427 g/mol. The van der Waals surface area contributed by atoms with Crippen molar-refractivity contribution in [2.24, 2.45) is 11.8 Å². The van der Waals surface area contributed by atoms with E-state index >= 15 is 0 Å². The largest absolute Gasteiger partial charge is 0.243 e. The summed E-state index contributed by atoms with van der Waals surface area (Å²) in [6.07, 6.45) is 7.96. The summed E-state index contributed by atoms with van der Waals surface area (Å²) in [7, 11) is -7.22.